The Bertz CT molecular complexity index is 402. The molecule has 0 aromatic carbocycles. The number of hydrogen-bond acceptors (Lipinski definition) is 3. The molecule has 2 aliphatic rings. The van der Waals surface area contributed by atoms with Crippen LogP contribution in [-0.2, 0) is 14.3 Å². The van der Waals surface area contributed by atoms with E-state index < -0.39 is 12.0 Å². The molecule has 1 amide bonds. The number of methoxy groups -OCH3 is 1. The number of carbonyl (C=O) groups is 2. The van der Waals surface area contributed by atoms with Crippen molar-refractivity contribution in [3.8, 4) is 0 Å². The minimum Gasteiger partial charge on any atom is -0.480 e. The van der Waals surface area contributed by atoms with Crippen LogP contribution >= 0.6 is 0 Å². The summed E-state index contributed by atoms with van der Waals surface area (Å²) in [6, 6.07) is -0.747. The van der Waals surface area contributed by atoms with Crippen LogP contribution in [0.4, 0.5) is 0 Å². The van der Waals surface area contributed by atoms with Crippen LogP contribution in [0.3, 0.4) is 0 Å². The lowest BCUT2D eigenvalue weighted by Crippen LogP contribution is -2.41. The molecule has 1 N–H and O–H groups in total. The quantitative estimate of drug-likeness (QED) is 0.820. The van der Waals surface area contributed by atoms with Gasteiger partial charge in [0.15, 0.2) is 0 Å². The summed E-state index contributed by atoms with van der Waals surface area (Å²) in [5.41, 5.74) is 1.91. The van der Waals surface area contributed by atoms with E-state index in [9.17, 15) is 14.7 Å². The molecule has 2 unspecified atom stereocenters. The van der Waals surface area contributed by atoms with E-state index >= 15 is 0 Å². The van der Waals surface area contributed by atoms with Crippen LogP contribution in [0.5, 0.6) is 0 Å². The van der Waals surface area contributed by atoms with Gasteiger partial charge in [-0.15, -0.1) is 0 Å². The first-order chi connectivity index (χ1) is 8.54. The van der Waals surface area contributed by atoms with Gasteiger partial charge in [-0.2, -0.15) is 0 Å². The predicted octanol–water partition coefficient (Wildman–Crippen LogP) is 1.19. The van der Waals surface area contributed by atoms with E-state index in [2.05, 4.69) is 0 Å². The van der Waals surface area contributed by atoms with Gasteiger partial charge in [-0.25, -0.2) is 4.79 Å². The molecule has 5 nitrogen and oxygen atoms in total. The second-order valence-corrected chi connectivity index (χ2v) is 5.02. The zero-order valence-electron chi connectivity index (χ0n) is 10.8. The fraction of sp³-hybridized carbons (Fsp3) is 0.692. The van der Waals surface area contributed by atoms with Gasteiger partial charge in [0, 0.05) is 25.6 Å². The van der Waals surface area contributed by atoms with Gasteiger partial charge in [0.25, 0.3) is 5.91 Å². The van der Waals surface area contributed by atoms with Gasteiger partial charge >= 0.3 is 5.97 Å². The summed E-state index contributed by atoms with van der Waals surface area (Å²) in [5.74, 6) is -1.06. The van der Waals surface area contributed by atoms with Gasteiger partial charge in [-0.1, -0.05) is 5.57 Å². The lowest BCUT2D eigenvalue weighted by Gasteiger charge is -2.22. The average molecular weight is 253 g/mol. The second kappa shape index (κ2) is 5.10. The molecule has 0 aromatic rings. The van der Waals surface area contributed by atoms with E-state index in [1.165, 1.54) is 4.90 Å². The third-order valence-electron chi connectivity index (χ3n) is 3.89. The van der Waals surface area contributed by atoms with Crippen molar-refractivity contribution in [1.29, 1.82) is 0 Å². The van der Waals surface area contributed by atoms with Gasteiger partial charge in [-0.05, 0) is 26.2 Å². The number of carboxylic acid groups (broad SMARTS) is 1. The van der Waals surface area contributed by atoms with Crippen molar-refractivity contribution < 1.29 is 19.4 Å². The fourth-order valence-electron chi connectivity index (χ4n) is 2.78. The Morgan fingerprint density at radius 1 is 1.39 bits per heavy atom. The van der Waals surface area contributed by atoms with Gasteiger partial charge in [0.1, 0.15) is 6.04 Å². The molecule has 0 spiro atoms. The van der Waals surface area contributed by atoms with Crippen LogP contribution in [0.2, 0.25) is 0 Å². The van der Waals surface area contributed by atoms with Crippen LogP contribution < -0.4 is 0 Å². The first kappa shape index (κ1) is 13.1. The van der Waals surface area contributed by atoms with Crippen LogP contribution in [0.1, 0.15) is 32.6 Å². The molecule has 1 aliphatic carbocycles. The zero-order valence-corrected chi connectivity index (χ0v) is 10.8. The summed E-state index contributed by atoms with van der Waals surface area (Å²) in [7, 11) is 1.55. The molecular formula is C13H19NO4. The molecule has 1 aliphatic heterocycles. The minimum atomic E-state index is -0.945. The highest BCUT2D eigenvalue weighted by molar-refractivity contribution is 5.97. The number of nitrogens with zero attached hydrogens (tertiary/aromatic N) is 1. The summed E-state index contributed by atoms with van der Waals surface area (Å²) in [6.07, 6.45) is 2.92. The van der Waals surface area contributed by atoms with Crippen LogP contribution in [0, 0.1) is 0 Å². The molecule has 1 saturated heterocycles. The molecule has 1 fully saturated rings. The molecule has 0 saturated carbocycles. The van der Waals surface area contributed by atoms with Crippen molar-refractivity contribution >= 4 is 11.9 Å². The van der Waals surface area contributed by atoms with Gasteiger partial charge in [-0.3, -0.25) is 4.79 Å². The Kier molecular flexibility index (Phi) is 3.71. The molecule has 18 heavy (non-hydrogen) atoms. The molecule has 0 radical (unpaired) electrons. The Morgan fingerprint density at radius 2 is 2.11 bits per heavy atom. The largest absolute Gasteiger partial charge is 0.480 e. The molecule has 0 bridgehead atoms. The summed E-state index contributed by atoms with van der Waals surface area (Å²) in [6.45, 7) is 2.34. The molecule has 5 heteroatoms. The van der Waals surface area contributed by atoms with Crippen LogP contribution in [-0.4, -0.2) is 47.7 Å². The maximum absolute atomic E-state index is 12.4. The number of hydrogen-bond donors (Lipinski definition) is 1. The number of aliphatic carboxylic acids is 1. The zero-order chi connectivity index (χ0) is 13.3. The summed E-state index contributed by atoms with van der Waals surface area (Å²) >= 11 is 0. The number of allylic oxidation sites excluding steroid dienone is 1. The Hall–Kier alpha value is -1.36. The molecule has 100 valence electrons. The minimum absolute atomic E-state index is 0.114. The van der Waals surface area contributed by atoms with Crippen LogP contribution in [0.25, 0.3) is 0 Å². The molecular weight excluding hydrogens is 234 g/mol. The maximum Gasteiger partial charge on any atom is 0.326 e. The van der Waals surface area contributed by atoms with Crippen molar-refractivity contribution in [2.75, 3.05) is 13.7 Å². The van der Waals surface area contributed by atoms with Crippen LogP contribution in [0.15, 0.2) is 11.1 Å². The Morgan fingerprint density at radius 3 is 2.61 bits per heavy atom. The molecule has 2 atom stereocenters. The molecule has 2 rings (SSSR count). The second-order valence-electron chi connectivity index (χ2n) is 5.02. The summed E-state index contributed by atoms with van der Waals surface area (Å²) in [5, 5.41) is 9.19. The molecule has 0 aromatic heterocycles. The standard InChI is InChI=1S/C13H19NO4/c1-8-4-3-5-10(8)12(15)14-7-9(18-2)6-11(14)13(16)17/h9,11H,3-7H2,1-2H3,(H,16,17). The van der Waals surface area contributed by atoms with Crippen molar-refractivity contribution in [2.45, 2.75) is 44.8 Å². The molecule has 1 heterocycles. The lowest BCUT2D eigenvalue weighted by atomic mass is 10.1. The number of rotatable bonds is 3. The maximum atomic E-state index is 12.4. The summed E-state index contributed by atoms with van der Waals surface area (Å²) in [4.78, 5) is 25.1. The first-order valence-corrected chi connectivity index (χ1v) is 6.29. The van der Waals surface area contributed by atoms with E-state index in [4.69, 9.17) is 4.74 Å². The first-order valence-electron chi connectivity index (χ1n) is 6.29. The normalized spacial score (nSPS) is 28.0. The van der Waals surface area contributed by atoms with E-state index in [0.717, 1.165) is 30.4 Å². The Balaban J connectivity index is 2.18. The smallest absolute Gasteiger partial charge is 0.326 e. The number of carboxylic acids is 1. The highest BCUT2D eigenvalue weighted by Gasteiger charge is 2.41. The van der Waals surface area contributed by atoms with Gasteiger partial charge in [0.05, 0.1) is 6.10 Å². The topological polar surface area (TPSA) is 66.8 Å². The van der Waals surface area contributed by atoms with Crippen molar-refractivity contribution in [3.05, 3.63) is 11.1 Å². The monoisotopic (exact) mass is 253 g/mol. The van der Waals surface area contributed by atoms with Crippen molar-refractivity contribution in [3.63, 3.8) is 0 Å². The average Bonchev–Trinajstić information content (AvgIpc) is 2.93. The number of amides is 1. The van der Waals surface area contributed by atoms with Crippen molar-refractivity contribution in [2.24, 2.45) is 0 Å². The highest BCUT2D eigenvalue weighted by atomic mass is 16.5. The number of likely N-dealkylation sites (tertiary alicyclic amines) is 1. The summed E-state index contributed by atoms with van der Waals surface area (Å²) < 4.78 is 5.19. The van der Waals surface area contributed by atoms with Gasteiger partial charge in [0.2, 0.25) is 0 Å². The van der Waals surface area contributed by atoms with E-state index in [1.807, 2.05) is 6.92 Å². The predicted molar refractivity (Wildman–Crippen MR) is 65.1 cm³/mol. The van der Waals surface area contributed by atoms with E-state index in [1.54, 1.807) is 7.11 Å². The fourth-order valence-corrected chi connectivity index (χ4v) is 2.78. The van der Waals surface area contributed by atoms with E-state index in [-0.39, 0.29) is 12.0 Å². The van der Waals surface area contributed by atoms with Gasteiger partial charge < -0.3 is 14.7 Å². The number of ether oxygens (including phenoxy) is 1. The number of carbonyl (C=O) groups excluding carboxylic acids is 1. The third kappa shape index (κ3) is 2.27. The Labute approximate surface area is 106 Å². The van der Waals surface area contributed by atoms with E-state index in [0.29, 0.717) is 13.0 Å². The third-order valence-corrected chi connectivity index (χ3v) is 3.89. The SMILES string of the molecule is COC1CC(C(=O)O)N(C(=O)C2=C(C)CCC2)C1. The highest BCUT2D eigenvalue weighted by Crippen LogP contribution is 2.30. The van der Waals surface area contributed by atoms with Crippen molar-refractivity contribution in [1.82, 2.24) is 4.90 Å². The lowest BCUT2D eigenvalue weighted by molar-refractivity contribution is -0.146.